The van der Waals surface area contributed by atoms with Gasteiger partial charge >= 0.3 is 0 Å². The number of rotatable bonds is 6. The summed E-state index contributed by atoms with van der Waals surface area (Å²) in [6, 6.07) is 66.9. The van der Waals surface area contributed by atoms with Gasteiger partial charge in [-0.3, -0.25) is 4.98 Å². The molecule has 7 aromatic carbocycles. The third-order valence-corrected chi connectivity index (χ3v) is 9.53. The van der Waals surface area contributed by atoms with E-state index in [1.54, 1.807) is 0 Å². The first kappa shape index (κ1) is 29.5. The first-order valence-electron chi connectivity index (χ1n) is 17.0. The summed E-state index contributed by atoms with van der Waals surface area (Å²) in [5.74, 6) is 0. The molecule has 2 nitrogen and oxygen atoms in total. The lowest BCUT2D eigenvalue weighted by Gasteiger charge is -2.14. The van der Waals surface area contributed by atoms with Gasteiger partial charge in [0.25, 0.3) is 0 Å². The average molecular weight is 637 g/mol. The van der Waals surface area contributed by atoms with Crippen LogP contribution in [0.15, 0.2) is 194 Å². The zero-order chi connectivity index (χ0) is 33.3. The van der Waals surface area contributed by atoms with Crippen molar-refractivity contribution in [2.24, 2.45) is 0 Å². The Hall–Kier alpha value is -6.64. The van der Waals surface area contributed by atoms with Crippen molar-refractivity contribution < 1.29 is 0 Å². The minimum Gasteiger partial charge on any atom is -0.255 e. The Kier molecular flexibility index (Phi) is 7.53. The molecule has 0 saturated heterocycles. The average Bonchev–Trinajstić information content (AvgIpc) is 3.21. The van der Waals surface area contributed by atoms with Gasteiger partial charge in [-0.25, -0.2) is 4.98 Å². The maximum atomic E-state index is 5.14. The molecule has 9 rings (SSSR count). The molecule has 50 heavy (non-hydrogen) atoms. The van der Waals surface area contributed by atoms with E-state index in [0.717, 1.165) is 49.9 Å². The lowest BCUT2D eigenvalue weighted by Crippen LogP contribution is -1.93. The topological polar surface area (TPSA) is 25.8 Å². The monoisotopic (exact) mass is 636 g/mol. The molecule has 2 aromatic heterocycles. The molecule has 0 atom stereocenters. The molecular weight excluding hydrogens is 605 g/mol. The Bertz CT molecular complexity index is 2510. The van der Waals surface area contributed by atoms with E-state index in [0.29, 0.717) is 0 Å². The molecule has 0 saturated carbocycles. The normalized spacial score (nSPS) is 11.2. The van der Waals surface area contributed by atoms with Gasteiger partial charge in [0.05, 0.1) is 16.9 Å². The Morgan fingerprint density at radius 2 is 0.700 bits per heavy atom. The van der Waals surface area contributed by atoms with Crippen LogP contribution in [0.1, 0.15) is 0 Å². The van der Waals surface area contributed by atoms with Gasteiger partial charge in [-0.2, -0.15) is 0 Å². The van der Waals surface area contributed by atoms with Gasteiger partial charge in [-0.1, -0.05) is 152 Å². The maximum Gasteiger partial charge on any atom is 0.0972 e. The molecule has 2 heteroatoms. The van der Waals surface area contributed by atoms with Crippen LogP contribution in [0, 0.1) is 0 Å². The number of fused-ring (bicyclic) bond motifs is 3. The highest BCUT2D eigenvalue weighted by atomic mass is 14.8. The summed E-state index contributed by atoms with van der Waals surface area (Å²) in [4.78, 5) is 10.0. The van der Waals surface area contributed by atoms with Gasteiger partial charge < -0.3 is 0 Å². The number of benzene rings is 7. The van der Waals surface area contributed by atoms with Gasteiger partial charge in [0.1, 0.15) is 0 Å². The van der Waals surface area contributed by atoms with Gasteiger partial charge in [0, 0.05) is 17.0 Å². The van der Waals surface area contributed by atoms with Crippen LogP contribution in [0.4, 0.5) is 0 Å². The highest BCUT2D eigenvalue weighted by Crippen LogP contribution is 2.37. The molecule has 0 N–H and O–H groups in total. The van der Waals surface area contributed by atoms with E-state index in [1.807, 2.05) is 12.3 Å². The second kappa shape index (κ2) is 12.8. The van der Waals surface area contributed by atoms with Crippen LogP contribution in [-0.2, 0) is 0 Å². The molecule has 9 aromatic rings. The summed E-state index contributed by atoms with van der Waals surface area (Å²) >= 11 is 0. The lowest BCUT2D eigenvalue weighted by atomic mass is 9.92. The standard InChI is InChI=1S/C48H32N2/c1-3-11-33(12-4-1)35-19-23-37(24-20-35)40-29-41(38-25-21-36(22-26-38)34-13-5-2-6-14-34)31-42(30-40)39-27-28-49-47(32-39)48-45-17-8-7-15-43(45)44-16-9-10-18-46(44)50-48/h1-32H. The minimum absolute atomic E-state index is 0.857. The largest absolute Gasteiger partial charge is 0.255 e. The summed E-state index contributed by atoms with van der Waals surface area (Å²) in [6.45, 7) is 0. The van der Waals surface area contributed by atoms with E-state index in [9.17, 15) is 0 Å². The van der Waals surface area contributed by atoms with Gasteiger partial charge in [0.15, 0.2) is 0 Å². The van der Waals surface area contributed by atoms with Crippen LogP contribution in [-0.4, -0.2) is 9.97 Å². The number of aromatic nitrogens is 2. The summed E-state index contributed by atoms with van der Waals surface area (Å²) in [7, 11) is 0. The number of hydrogen-bond donors (Lipinski definition) is 0. The Morgan fingerprint density at radius 3 is 1.26 bits per heavy atom. The van der Waals surface area contributed by atoms with E-state index >= 15 is 0 Å². The van der Waals surface area contributed by atoms with Gasteiger partial charge in [-0.05, 0) is 97.4 Å². The fourth-order valence-corrected chi connectivity index (χ4v) is 6.94. The zero-order valence-electron chi connectivity index (χ0n) is 27.4. The van der Waals surface area contributed by atoms with E-state index in [2.05, 4.69) is 182 Å². The number of nitrogens with zero attached hydrogens (tertiary/aromatic N) is 2. The quantitative estimate of drug-likeness (QED) is 0.170. The Balaban J connectivity index is 1.17. The molecule has 0 aliphatic rings. The molecular formula is C48H32N2. The summed E-state index contributed by atoms with van der Waals surface area (Å²) in [5.41, 5.74) is 14.5. The molecule has 0 unspecified atom stereocenters. The highest BCUT2D eigenvalue weighted by Gasteiger charge is 2.14. The van der Waals surface area contributed by atoms with Crippen molar-refractivity contribution in [3.05, 3.63) is 194 Å². The summed E-state index contributed by atoms with van der Waals surface area (Å²) in [5, 5.41) is 3.43. The minimum atomic E-state index is 0.857. The fourth-order valence-electron chi connectivity index (χ4n) is 6.94. The SMILES string of the molecule is c1ccc(-c2ccc(-c3cc(-c4ccc(-c5ccccc5)cc4)cc(-c4ccnc(-c5nc6ccccc6c6ccccc56)c4)c3)cc2)cc1. The highest BCUT2D eigenvalue weighted by molar-refractivity contribution is 6.10. The van der Waals surface area contributed by atoms with Crippen molar-refractivity contribution in [3.8, 4) is 67.0 Å². The predicted octanol–water partition coefficient (Wildman–Crippen LogP) is 12.8. The third kappa shape index (κ3) is 5.63. The molecule has 2 heterocycles. The van der Waals surface area contributed by atoms with Crippen LogP contribution in [0.5, 0.6) is 0 Å². The van der Waals surface area contributed by atoms with Gasteiger partial charge in [0.2, 0.25) is 0 Å². The maximum absolute atomic E-state index is 5.14. The molecule has 0 spiro atoms. The second-order valence-electron chi connectivity index (χ2n) is 12.6. The van der Waals surface area contributed by atoms with Crippen molar-refractivity contribution in [3.63, 3.8) is 0 Å². The van der Waals surface area contributed by atoms with Crippen molar-refractivity contribution in [2.45, 2.75) is 0 Å². The van der Waals surface area contributed by atoms with Crippen LogP contribution < -0.4 is 0 Å². The van der Waals surface area contributed by atoms with E-state index < -0.39 is 0 Å². The fraction of sp³-hybridized carbons (Fsp3) is 0. The van der Waals surface area contributed by atoms with Crippen LogP contribution in [0.2, 0.25) is 0 Å². The Labute approximate surface area is 292 Å². The van der Waals surface area contributed by atoms with E-state index in [-0.39, 0.29) is 0 Å². The molecule has 0 amide bonds. The second-order valence-corrected chi connectivity index (χ2v) is 12.6. The molecule has 0 aliphatic heterocycles. The van der Waals surface area contributed by atoms with Crippen molar-refractivity contribution >= 4 is 21.7 Å². The van der Waals surface area contributed by atoms with Crippen molar-refractivity contribution in [1.82, 2.24) is 9.97 Å². The molecule has 0 aliphatic carbocycles. The number of pyridine rings is 2. The summed E-state index contributed by atoms with van der Waals surface area (Å²) < 4.78 is 0. The van der Waals surface area contributed by atoms with E-state index in [4.69, 9.17) is 9.97 Å². The first-order chi connectivity index (χ1) is 24.8. The van der Waals surface area contributed by atoms with Crippen LogP contribution in [0.25, 0.3) is 88.7 Å². The lowest BCUT2D eigenvalue weighted by molar-refractivity contribution is 1.29. The van der Waals surface area contributed by atoms with Gasteiger partial charge in [-0.15, -0.1) is 0 Å². The van der Waals surface area contributed by atoms with Crippen molar-refractivity contribution in [1.29, 1.82) is 0 Å². The third-order valence-electron chi connectivity index (χ3n) is 9.53. The Morgan fingerprint density at radius 1 is 0.280 bits per heavy atom. The number of hydrogen-bond acceptors (Lipinski definition) is 2. The summed E-state index contributed by atoms with van der Waals surface area (Å²) in [6.07, 6.45) is 1.91. The molecule has 234 valence electrons. The van der Waals surface area contributed by atoms with E-state index in [1.165, 1.54) is 38.8 Å². The van der Waals surface area contributed by atoms with Crippen LogP contribution in [0.3, 0.4) is 0 Å². The first-order valence-corrected chi connectivity index (χ1v) is 17.0. The van der Waals surface area contributed by atoms with Crippen LogP contribution >= 0.6 is 0 Å². The smallest absolute Gasteiger partial charge is 0.0972 e. The molecule has 0 bridgehead atoms. The zero-order valence-corrected chi connectivity index (χ0v) is 27.4. The molecule has 0 fully saturated rings. The predicted molar refractivity (Wildman–Crippen MR) is 210 cm³/mol. The molecule has 0 radical (unpaired) electrons. The number of para-hydroxylation sites is 1. The van der Waals surface area contributed by atoms with Crippen molar-refractivity contribution in [2.75, 3.05) is 0 Å².